The minimum Gasteiger partial charge on any atom is -0.497 e. The predicted molar refractivity (Wildman–Crippen MR) is 167 cm³/mol. The number of halogens is 1. The number of benzene rings is 3. The molecule has 0 saturated carbocycles. The van der Waals surface area contributed by atoms with Gasteiger partial charge in [0.05, 0.1) is 56.1 Å². The van der Waals surface area contributed by atoms with E-state index in [0.717, 1.165) is 21.1 Å². The molecule has 1 fully saturated rings. The number of amides is 1. The van der Waals surface area contributed by atoms with Crippen molar-refractivity contribution in [1.29, 1.82) is 0 Å². The first-order valence-electron chi connectivity index (χ1n) is 13.4. The summed E-state index contributed by atoms with van der Waals surface area (Å²) in [6.07, 6.45) is 0.745. The summed E-state index contributed by atoms with van der Waals surface area (Å²) in [5.41, 5.74) is 2.92. The number of fused-ring (bicyclic) bond motifs is 1. The summed E-state index contributed by atoms with van der Waals surface area (Å²) < 4.78 is 45.3. The van der Waals surface area contributed by atoms with Crippen LogP contribution in [-0.4, -0.2) is 69.0 Å². The van der Waals surface area contributed by atoms with Gasteiger partial charge in [0.15, 0.2) is 0 Å². The van der Waals surface area contributed by atoms with Gasteiger partial charge in [0.25, 0.3) is 0 Å². The molecule has 5 rings (SSSR count). The molecule has 226 valence electrons. The van der Waals surface area contributed by atoms with E-state index >= 15 is 0 Å². The second-order valence-electron chi connectivity index (χ2n) is 10.9. The smallest absolute Gasteiger partial charge is 0.425 e. The van der Waals surface area contributed by atoms with Crippen molar-refractivity contribution in [2.24, 2.45) is 0 Å². The molecule has 2 heterocycles. The Labute approximate surface area is 255 Å². The first kappa shape index (κ1) is 30.2. The van der Waals surface area contributed by atoms with E-state index in [1.165, 1.54) is 4.31 Å². The van der Waals surface area contributed by atoms with Crippen molar-refractivity contribution in [2.45, 2.75) is 26.4 Å². The van der Waals surface area contributed by atoms with Crippen molar-refractivity contribution in [1.82, 2.24) is 14.5 Å². The van der Waals surface area contributed by atoms with Gasteiger partial charge in [-0.15, -0.1) is 0 Å². The Bertz CT molecular complexity index is 1810. The number of nitrogens with zero attached hydrogens (tertiary/aromatic N) is 5. The molecule has 0 radical (unpaired) electrons. The molecule has 1 aromatic heterocycles. The Balaban J connectivity index is 1.54. The molecule has 0 atom stereocenters. The van der Waals surface area contributed by atoms with Gasteiger partial charge in [0.1, 0.15) is 17.1 Å². The van der Waals surface area contributed by atoms with Gasteiger partial charge in [0, 0.05) is 29.1 Å². The molecule has 0 aliphatic carbocycles. The number of aromatic nitrogens is 2. The van der Waals surface area contributed by atoms with Crippen LogP contribution in [-0.2, 0) is 14.9 Å². The molecule has 1 saturated heterocycles. The van der Waals surface area contributed by atoms with E-state index in [1.807, 2.05) is 42.3 Å². The Morgan fingerprint density at radius 2 is 1.74 bits per heavy atom. The summed E-state index contributed by atoms with van der Waals surface area (Å²) in [5.74, 6) is 1.29. The Morgan fingerprint density at radius 3 is 2.44 bits per heavy atom. The van der Waals surface area contributed by atoms with E-state index in [-0.39, 0.29) is 13.1 Å². The van der Waals surface area contributed by atoms with Crippen LogP contribution in [0.1, 0.15) is 20.8 Å². The highest BCUT2D eigenvalue weighted by atomic mass is 35.5. The minimum atomic E-state index is -4.21. The lowest BCUT2D eigenvalue weighted by Crippen LogP contribution is -2.40. The van der Waals surface area contributed by atoms with E-state index < -0.39 is 21.9 Å². The molecule has 1 amide bonds. The van der Waals surface area contributed by atoms with Gasteiger partial charge in [-0.2, -0.15) is 22.9 Å². The normalized spacial score (nSPS) is 14.6. The lowest BCUT2D eigenvalue weighted by Gasteiger charge is -2.25. The fourth-order valence-corrected chi connectivity index (χ4v) is 6.57. The summed E-state index contributed by atoms with van der Waals surface area (Å²) >= 11 is 6.39. The number of anilines is 3. The highest BCUT2D eigenvalue weighted by Gasteiger charge is 2.43. The maximum atomic E-state index is 13.5. The first-order valence-corrected chi connectivity index (χ1v) is 15.2. The average molecular weight is 626 g/mol. The van der Waals surface area contributed by atoms with Gasteiger partial charge in [-0.05, 0) is 68.8 Å². The summed E-state index contributed by atoms with van der Waals surface area (Å²) in [6, 6.07) is 16.1. The maximum absolute atomic E-state index is 13.5. The van der Waals surface area contributed by atoms with Crippen LogP contribution in [0.3, 0.4) is 0 Å². The van der Waals surface area contributed by atoms with E-state index in [1.54, 1.807) is 65.5 Å². The Hall–Kier alpha value is -4.29. The van der Waals surface area contributed by atoms with Gasteiger partial charge in [-0.25, -0.2) is 4.79 Å². The standard InChI is InChI=1S/C30H32ClN5O6S/c1-30(2,3)42-29(37)36-14-13-35(43(36,38)39)25-11-8-20(31)16-23(25)19-7-10-22-24(15-19)33-32-18-27(22)34(4)26-12-9-21(40-5)17-28(26)41-6/h7-12,15-18H,13-14H2,1-6H3. The molecule has 1 aliphatic heterocycles. The molecule has 11 nitrogen and oxygen atoms in total. The van der Waals surface area contributed by atoms with Crippen LogP contribution in [0.15, 0.2) is 60.8 Å². The highest BCUT2D eigenvalue weighted by Crippen LogP contribution is 2.41. The number of carbonyl (C=O) groups is 1. The topological polar surface area (TPSA) is 114 Å². The molecule has 13 heteroatoms. The van der Waals surface area contributed by atoms with Crippen molar-refractivity contribution < 1.29 is 27.4 Å². The van der Waals surface area contributed by atoms with Crippen molar-refractivity contribution in [3.63, 3.8) is 0 Å². The molecule has 0 bridgehead atoms. The molecular formula is C30H32ClN5O6S. The average Bonchev–Trinajstić information content (AvgIpc) is 3.29. The van der Waals surface area contributed by atoms with E-state index in [0.29, 0.717) is 38.9 Å². The molecule has 4 aromatic rings. The Morgan fingerprint density at radius 1 is 0.977 bits per heavy atom. The molecule has 0 N–H and O–H groups in total. The molecule has 0 unspecified atom stereocenters. The molecule has 0 spiro atoms. The third-order valence-electron chi connectivity index (χ3n) is 6.93. The van der Waals surface area contributed by atoms with Crippen LogP contribution in [0.2, 0.25) is 5.02 Å². The molecular weight excluding hydrogens is 594 g/mol. The van der Waals surface area contributed by atoms with Crippen LogP contribution in [0.25, 0.3) is 22.0 Å². The number of hydrogen-bond donors (Lipinski definition) is 0. The monoisotopic (exact) mass is 625 g/mol. The van der Waals surface area contributed by atoms with Crippen LogP contribution in [0.5, 0.6) is 11.5 Å². The predicted octanol–water partition coefficient (Wildman–Crippen LogP) is 6.04. The summed E-state index contributed by atoms with van der Waals surface area (Å²) in [6.45, 7) is 5.06. The van der Waals surface area contributed by atoms with Crippen LogP contribution in [0, 0.1) is 0 Å². The van der Waals surface area contributed by atoms with Crippen LogP contribution >= 0.6 is 11.6 Å². The fraction of sp³-hybridized carbons (Fsp3) is 0.300. The second kappa shape index (κ2) is 11.4. The number of methoxy groups -OCH3 is 2. The zero-order valence-electron chi connectivity index (χ0n) is 24.7. The number of rotatable bonds is 6. The zero-order valence-corrected chi connectivity index (χ0v) is 26.2. The lowest BCUT2D eigenvalue weighted by molar-refractivity contribution is 0.0405. The van der Waals surface area contributed by atoms with Gasteiger partial charge in [-0.1, -0.05) is 17.7 Å². The zero-order chi connectivity index (χ0) is 31.1. The van der Waals surface area contributed by atoms with Crippen LogP contribution in [0.4, 0.5) is 21.9 Å². The third-order valence-corrected chi connectivity index (χ3v) is 8.99. The number of ether oxygens (including phenoxy) is 3. The quantitative estimate of drug-likeness (QED) is 0.253. The summed E-state index contributed by atoms with van der Waals surface area (Å²) in [5, 5.41) is 9.83. The van der Waals surface area contributed by atoms with Crippen molar-refractivity contribution >= 4 is 55.9 Å². The second-order valence-corrected chi connectivity index (χ2v) is 13.1. The lowest BCUT2D eigenvalue weighted by atomic mass is 10.0. The number of hydrogen-bond acceptors (Lipinski definition) is 9. The molecule has 1 aliphatic rings. The van der Waals surface area contributed by atoms with Crippen molar-refractivity contribution in [3.8, 4) is 22.6 Å². The van der Waals surface area contributed by atoms with Crippen molar-refractivity contribution in [2.75, 3.05) is 43.6 Å². The van der Waals surface area contributed by atoms with Crippen LogP contribution < -0.4 is 18.7 Å². The Kier molecular flexibility index (Phi) is 8.01. The SMILES string of the molecule is COc1ccc(N(C)c2cnnc3cc(-c4cc(Cl)ccc4N4CCN(C(=O)OC(C)(C)C)S4(=O)=O)ccc23)c(OC)c1. The van der Waals surface area contributed by atoms with Gasteiger partial charge < -0.3 is 19.1 Å². The van der Waals surface area contributed by atoms with Gasteiger partial charge in [0.2, 0.25) is 0 Å². The molecule has 3 aromatic carbocycles. The third kappa shape index (κ3) is 5.84. The highest BCUT2D eigenvalue weighted by molar-refractivity contribution is 7.91. The summed E-state index contributed by atoms with van der Waals surface area (Å²) in [4.78, 5) is 14.7. The first-order chi connectivity index (χ1) is 20.3. The van der Waals surface area contributed by atoms with Gasteiger partial charge in [-0.3, -0.25) is 4.31 Å². The van der Waals surface area contributed by atoms with E-state index in [4.69, 9.17) is 25.8 Å². The van der Waals surface area contributed by atoms with E-state index in [9.17, 15) is 13.2 Å². The van der Waals surface area contributed by atoms with Gasteiger partial charge >= 0.3 is 16.3 Å². The largest absolute Gasteiger partial charge is 0.497 e. The van der Waals surface area contributed by atoms with Crippen molar-refractivity contribution in [3.05, 3.63) is 65.8 Å². The van der Waals surface area contributed by atoms with E-state index in [2.05, 4.69) is 10.2 Å². The maximum Gasteiger partial charge on any atom is 0.425 e. The minimum absolute atomic E-state index is 0.0486. The fourth-order valence-electron chi connectivity index (χ4n) is 4.90. The molecule has 43 heavy (non-hydrogen) atoms. The number of carbonyl (C=O) groups excluding carboxylic acids is 1. The summed E-state index contributed by atoms with van der Waals surface area (Å²) in [7, 11) is 0.885.